The van der Waals surface area contributed by atoms with Crippen LogP contribution in [0.5, 0.6) is 0 Å². The molecule has 0 aliphatic carbocycles. The van der Waals surface area contributed by atoms with Gasteiger partial charge in [-0.25, -0.2) is 8.78 Å². The van der Waals surface area contributed by atoms with E-state index in [0.717, 1.165) is 12.1 Å². The molecular weight excluding hydrogens is 407 g/mol. The summed E-state index contributed by atoms with van der Waals surface area (Å²) in [5.74, 6) is -2.38. The van der Waals surface area contributed by atoms with Crippen LogP contribution >= 0.6 is 23.2 Å². The van der Waals surface area contributed by atoms with Gasteiger partial charge in [-0.1, -0.05) is 41.4 Å². The molecule has 0 bridgehead atoms. The zero-order chi connectivity index (χ0) is 20.3. The molecule has 3 rings (SSSR count). The van der Waals surface area contributed by atoms with Gasteiger partial charge in [0.2, 0.25) is 0 Å². The van der Waals surface area contributed by atoms with E-state index in [0.29, 0.717) is 10.6 Å². The quantitative estimate of drug-likeness (QED) is 0.466. The van der Waals surface area contributed by atoms with Crippen molar-refractivity contribution in [1.82, 2.24) is 4.98 Å². The van der Waals surface area contributed by atoms with E-state index in [4.69, 9.17) is 28.5 Å². The maximum atomic E-state index is 14.4. The summed E-state index contributed by atoms with van der Waals surface area (Å²) in [7, 11) is 0. The highest BCUT2D eigenvalue weighted by Gasteiger charge is 2.19. The van der Waals surface area contributed by atoms with Gasteiger partial charge in [0.25, 0.3) is 0 Å². The van der Waals surface area contributed by atoms with Crippen LogP contribution in [0.2, 0.25) is 10.0 Å². The van der Waals surface area contributed by atoms with Crippen molar-refractivity contribution in [2.45, 2.75) is 6.04 Å². The third-order valence-electron chi connectivity index (χ3n) is 3.86. The lowest BCUT2D eigenvalue weighted by Gasteiger charge is -2.19. The predicted octanol–water partition coefficient (Wildman–Crippen LogP) is 4.43. The highest BCUT2D eigenvalue weighted by molar-refractivity contribution is 6.30. The highest BCUT2D eigenvalue weighted by Crippen LogP contribution is 2.29. The minimum absolute atomic E-state index is 0.0789. The Balaban J connectivity index is 2.11. The Kier molecular flexibility index (Phi) is 5.88. The van der Waals surface area contributed by atoms with Crippen LogP contribution in [0.15, 0.2) is 59.7 Å². The number of nitrogens with zero attached hydrogens (tertiary/aromatic N) is 3. The van der Waals surface area contributed by atoms with Crippen molar-refractivity contribution in [3.05, 3.63) is 98.8 Å². The minimum Gasteiger partial charge on any atom is -0.858 e. The Morgan fingerprint density at radius 1 is 1.04 bits per heavy atom. The van der Waals surface area contributed by atoms with Crippen molar-refractivity contribution in [3.63, 3.8) is 0 Å². The zero-order valence-corrected chi connectivity index (χ0v) is 15.5. The van der Waals surface area contributed by atoms with Gasteiger partial charge in [-0.05, 0) is 47.4 Å². The van der Waals surface area contributed by atoms with Gasteiger partial charge in [0, 0.05) is 11.2 Å². The molecule has 1 unspecified atom stereocenters. The molecule has 28 heavy (non-hydrogen) atoms. The standard InChI is InChI=1S/C20H11Cl2F2N3O/c21-14-5-3-11(4-6-14)18(19-17(24)8-15(22)10-26-19)27-20(28)12-1-2-13(9-25)16(23)7-12/h1-8,10,18H,(H,27,28)/p-1. The molecule has 0 spiro atoms. The lowest BCUT2D eigenvalue weighted by atomic mass is 10.0. The Morgan fingerprint density at radius 2 is 1.75 bits per heavy atom. The molecule has 0 N–H and O–H groups in total. The van der Waals surface area contributed by atoms with Crippen molar-refractivity contribution in [1.29, 1.82) is 5.26 Å². The normalized spacial score (nSPS) is 12.5. The molecule has 0 aliphatic heterocycles. The van der Waals surface area contributed by atoms with Gasteiger partial charge in [-0.3, -0.25) is 9.98 Å². The van der Waals surface area contributed by atoms with Gasteiger partial charge < -0.3 is 5.11 Å². The van der Waals surface area contributed by atoms with Gasteiger partial charge in [0.1, 0.15) is 29.4 Å². The number of aliphatic imine (C=N–C) groups is 1. The fraction of sp³-hybridized carbons (Fsp3) is 0.0500. The minimum atomic E-state index is -1.10. The predicted molar refractivity (Wildman–Crippen MR) is 100 cm³/mol. The number of aromatic nitrogens is 1. The second-order valence-electron chi connectivity index (χ2n) is 5.72. The monoisotopic (exact) mass is 416 g/mol. The number of nitriles is 1. The highest BCUT2D eigenvalue weighted by atomic mass is 35.5. The van der Waals surface area contributed by atoms with E-state index in [1.54, 1.807) is 30.3 Å². The molecular formula is C20H10Cl2F2N3O-. The second-order valence-corrected chi connectivity index (χ2v) is 6.59. The van der Waals surface area contributed by atoms with Crippen LogP contribution in [-0.4, -0.2) is 10.9 Å². The molecule has 3 aromatic rings. The number of halogens is 4. The average molecular weight is 417 g/mol. The van der Waals surface area contributed by atoms with E-state index in [2.05, 4.69) is 9.98 Å². The molecule has 0 amide bonds. The second kappa shape index (κ2) is 8.34. The molecule has 2 aromatic carbocycles. The van der Waals surface area contributed by atoms with E-state index in [1.165, 1.54) is 18.3 Å². The summed E-state index contributed by atoms with van der Waals surface area (Å²) >= 11 is 11.6. The lowest BCUT2D eigenvalue weighted by molar-refractivity contribution is -0.213. The molecule has 0 fully saturated rings. The van der Waals surface area contributed by atoms with E-state index in [1.807, 2.05) is 0 Å². The first-order chi connectivity index (χ1) is 13.4. The molecule has 140 valence electrons. The Hall–Kier alpha value is -3.01. The fourth-order valence-electron chi connectivity index (χ4n) is 2.50. The topological polar surface area (TPSA) is 72.1 Å². The smallest absolute Gasteiger partial charge is 0.148 e. The first-order valence-electron chi connectivity index (χ1n) is 7.90. The lowest BCUT2D eigenvalue weighted by Crippen LogP contribution is -2.21. The van der Waals surface area contributed by atoms with Crippen LogP contribution < -0.4 is 5.11 Å². The Morgan fingerprint density at radius 3 is 2.36 bits per heavy atom. The number of rotatable bonds is 4. The number of hydrogen-bond donors (Lipinski definition) is 0. The summed E-state index contributed by atoms with van der Waals surface area (Å²) in [6.07, 6.45) is 1.24. The summed E-state index contributed by atoms with van der Waals surface area (Å²) in [4.78, 5) is 7.99. The van der Waals surface area contributed by atoms with E-state index in [9.17, 15) is 13.9 Å². The Bertz CT molecular complexity index is 1100. The van der Waals surface area contributed by atoms with Gasteiger partial charge in [-0.2, -0.15) is 5.26 Å². The molecule has 1 aromatic heterocycles. The molecule has 0 saturated heterocycles. The van der Waals surface area contributed by atoms with Crippen LogP contribution in [0.4, 0.5) is 8.78 Å². The molecule has 1 heterocycles. The van der Waals surface area contributed by atoms with Gasteiger partial charge in [0.05, 0.1) is 10.6 Å². The van der Waals surface area contributed by atoms with Gasteiger partial charge >= 0.3 is 0 Å². The summed E-state index contributed by atoms with van der Waals surface area (Å²) in [6, 6.07) is 11.3. The number of pyridine rings is 1. The number of benzene rings is 2. The Labute approximate surface area is 169 Å². The number of hydrogen-bond acceptors (Lipinski definition) is 4. The largest absolute Gasteiger partial charge is 0.858 e. The summed E-state index contributed by atoms with van der Waals surface area (Å²) < 4.78 is 28.3. The van der Waals surface area contributed by atoms with Crippen LogP contribution in [0, 0.1) is 23.0 Å². The third-order valence-corrected chi connectivity index (χ3v) is 4.32. The van der Waals surface area contributed by atoms with Crippen LogP contribution in [-0.2, 0) is 0 Å². The first kappa shape index (κ1) is 19.7. The zero-order valence-electron chi connectivity index (χ0n) is 14.0. The van der Waals surface area contributed by atoms with Crippen LogP contribution in [0.25, 0.3) is 0 Å². The summed E-state index contributed by atoms with van der Waals surface area (Å²) in [5, 5.41) is 21.9. The molecule has 8 heteroatoms. The molecule has 1 atom stereocenters. The molecule has 0 radical (unpaired) electrons. The van der Waals surface area contributed by atoms with E-state index < -0.39 is 23.6 Å². The van der Waals surface area contributed by atoms with Gasteiger partial charge in [-0.15, -0.1) is 0 Å². The van der Waals surface area contributed by atoms with E-state index >= 15 is 0 Å². The third kappa shape index (κ3) is 4.28. The van der Waals surface area contributed by atoms with Crippen molar-refractivity contribution in [2.24, 2.45) is 4.99 Å². The SMILES string of the molecule is N#Cc1ccc(C([O-])=NC(c2ccc(Cl)cc2)c2ncc(Cl)cc2F)cc1F. The molecule has 0 aliphatic rings. The van der Waals surface area contributed by atoms with E-state index in [-0.39, 0.29) is 21.8 Å². The first-order valence-corrected chi connectivity index (χ1v) is 8.66. The maximum Gasteiger partial charge on any atom is 0.148 e. The van der Waals surface area contributed by atoms with Crippen LogP contribution in [0.3, 0.4) is 0 Å². The van der Waals surface area contributed by atoms with Crippen LogP contribution in [0.1, 0.15) is 28.4 Å². The summed E-state index contributed by atoms with van der Waals surface area (Å²) in [5.41, 5.74) is 0.0656. The molecule has 4 nitrogen and oxygen atoms in total. The average Bonchev–Trinajstić information content (AvgIpc) is 2.67. The van der Waals surface area contributed by atoms with Gasteiger partial charge in [0.15, 0.2) is 0 Å². The fourth-order valence-corrected chi connectivity index (χ4v) is 2.77. The van der Waals surface area contributed by atoms with Crippen molar-refractivity contribution >= 4 is 29.1 Å². The summed E-state index contributed by atoms with van der Waals surface area (Å²) in [6.45, 7) is 0. The van der Waals surface area contributed by atoms with Crippen molar-refractivity contribution in [2.75, 3.05) is 0 Å². The molecule has 0 saturated carbocycles. The van der Waals surface area contributed by atoms with Crippen molar-refractivity contribution < 1.29 is 13.9 Å². The van der Waals surface area contributed by atoms with Crippen molar-refractivity contribution in [3.8, 4) is 6.07 Å². The maximum absolute atomic E-state index is 14.4.